The molecule has 0 spiro atoms. The van der Waals surface area contributed by atoms with Crippen molar-refractivity contribution in [2.75, 3.05) is 12.8 Å². The van der Waals surface area contributed by atoms with Gasteiger partial charge in [0, 0.05) is 10.2 Å². The van der Waals surface area contributed by atoms with E-state index in [-0.39, 0.29) is 5.78 Å². The molecule has 0 bridgehead atoms. The normalized spacial score (nSPS) is 10.4. The molecular formula is C15H13BrClNO2. The SMILES string of the molecule is COc1cc(C)c(Br)cc1C(=O)c1c(N)cccc1Cl. The monoisotopic (exact) mass is 353 g/mol. The minimum Gasteiger partial charge on any atom is -0.496 e. The second-order valence-electron chi connectivity index (χ2n) is 4.33. The van der Waals surface area contributed by atoms with Gasteiger partial charge in [0.2, 0.25) is 0 Å². The number of ketones is 1. The lowest BCUT2D eigenvalue weighted by atomic mass is 9.99. The predicted molar refractivity (Wildman–Crippen MR) is 84.7 cm³/mol. The maximum absolute atomic E-state index is 12.7. The summed E-state index contributed by atoms with van der Waals surface area (Å²) < 4.78 is 6.10. The van der Waals surface area contributed by atoms with E-state index in [9.17, 15) is 4.79 Å². The Morgan fingerprint density at radius 3 is 2.65 bits per heavy atom. The molecule has 0 amide bonds. The Morgan fingerprint density at radius 2 is 2.05 bits per heavy atom. The highest BCUT2D eigenvalue weighted by molar-refractivity contribution is 9.10. The molecule has 0 atom stereocenters. The van der Waals surface area contributed by atoms with E-state index < -0.39 is 0 Å². The van der Waals surface area contributed by atoms with Crippen LogP contribution in [-0.2, 0) is 0 Å². The quantitative estimate of drug-likeness (QED) is 0.663. The van der Waals surface area contributed by atoms with Crippen LogP contribution in [0.15, 0.2) is 34.8 Å². The molecule has 0 fully saturated rings. The summed E-state index contributed by atoms with van der Waals surface area (Å²) in [6.45, 7) is 1.92. The van der Waals surface area contributed by atoms with Gasteiger partial charge in [-0.2, -0.15) is 0 Å². The molecule has 2 N–H and O–H groups in total. The number of hydrogen-bond donors (Lipinski definition) is 1. The molecule has 3 nitrogen and oxygen atoms in total. The molecule has 0 saturated carbocycles. The minimum absolute atomic E-state index is 0.259. The standard InChI is InChI=1S/C15H13BrClNO2/c1-8-6-13(20-2)9(7-10(8)16)15(19)14-11(17)4-3-5-12(14)18/h3-7H,18H2,1-2H3. The first-order chi connectivity index (χ1) is 9.45. The van der Waals surface area contributed by atoms with Crippen LogP contribution >= 0.6 is 27.5 Å². The number of rotatable bonds is 3. The molecule has 2 aromatic carbocycles. The van der Waals surface area contributed by atoms with Crippen molar-refractivity contribution < 1.29 is 9.53 Å². The molecule has 0 aliphatic carbocycles. The Bertz CT molecular complexity index is 666. The Balaban J connectivity index is 2.62. The first kappa shape index (κ1) is 14.9. The number of aryl methyl sites for hydroxylation is 1. The minimum atomic E-state index is -0.259. The molecule has 2 aromatic rings. The highest BCUT2D eigenvalue weighted by atomic mass is 79.9. The number of carbonyl (C=O) groups is 1. The number of methoxy groups -OCH3 is 1. The van der Waals surface area contributed by atoms with E-state index in [0.717, 1.165) is 10.0 Å². The second-order valence-corrected chi connectivity index (χ2v) is 5.60. The smallest absolute Gasteiger partial charge is 0.200 e. The van der Waals surface area contributed by atoms with Crippen molar-refractivity contribution in [1.29, 1.82) is 0 Å². The zero-order valence-electron chi connectivity index (χ0n) is 11.0. The number of nitrogen functional groups attached to an aromatic ring is 1. The van der Waals surface area contributed by atoms with Crippen LogP contribution in [0.4, 0.5) is 5.69 Å². The lowest BCUT2D eigenvalue weighted by Gasteiger charge is -2.12. The molecule has 5 heteroatoms. The molecule has 2 rings (SSSR count). The first-order valence-electron chi connectivity index (χ1n) is 5.88. The zero-order valence-corrected chi connectivity index (χ0v) is 13.4. The van der Waals surface area contributed by atoms with E-state index in [2.05, 4.69) is 15.9 Å². The van der Waals surface area contributed by atoms with Crippen molar-refractivity contribution in [2.45, 2.75) is 6.92 Å². The van der Waals surface area contributed by atoms with E-state index >= 15 is 0 Å². The predicted octanol–water partition coefficient (Wildman–Crippen LogP) is 4.23. The van der Waals surface area contributed by atoms with Crippen LogP contribution in [0.3, 0.4) is 0 Å². The largest absolute Gasteiger partial charge is 0.496 e. The third-order valence-electron chi connectivity index (χ3n) is 3.00. The van der Waals surface area contributed by atoms with Crippen LogP contribution in [0.2, 0.25) is 5.02 Å². The Morgan fingerprint density at radius 1 is 1.35 bits per heavy atom. The topological polar surface area (TPSA) is 52.3 Å². The number of carbonyl (C=O) groups excluding carboxylic acids is 1. The fraction of sp³-hybridized carbons (Fsp3) is 0.133. The third-order valence-corrected chi connectivity index (χ3v) is 4.17. The van der Waals surface area contributed by atoms with Crippen molar-refractivity contribution in [3.8, 4) is 5.75 Å². The average molecular weight is 355 g/mol. The van der Waals surface area contributed by atoms with Gasteiger partial charge in [0.1, 0.15) is 5.75 Å². The van der Waals surface area contributed by atoms with Crippen molar-refractivity contribution >= 4 is 39.0 Å². The fourth-order valence-corrected chi connectivity index (χ4v) is 2.53. The highest BCUT2D eigenvalue weighted by Crippen LogP contribution is 2.32. The van der Waals surface area contributed by atoms with Gasteiger partial charge in [-0.25, -0.2) is 0 Å². The van der Waals surface area contributed by atoms with Gasteiger partial charge in [-0.05, 0) is 36.8 Å². The molecular weight excluding hydrogens is 342 g/mol. The van der Waals surface area contributed by atoms with Gasteiger partial charge >= 0.3 is 0 Å². The average Bonchev–Trinajstić information content (AvgIpc) is 2.41. The van der Waals surface area contributed by atoms with Gasteiger partial charge in [-0.15, -0.1) is 0 Å². The van der Waals surface area contributed by atoms with Crippen molar-refractivity contribution in [1.82, 2.24) is 0 Å². The fourth-order valence-electron chi connectivity index (χ4n) is 1.92. The van der Waals surface area contributed by atoms with Crippen LogP contribution in [0, 0.1) is 6.92 Å². The summed E-state index contributed by atoms with van der Waals surface area (Å²) in [5.41, 5.74) is 7.90. The second kappa shape index (κ2) is 5.85. The molecule has 20 heavy (non-hydrogen) atoms. The van der Waals surface area contributed by atoms with Crippen LogP contribution in [0.5, 0.6) is 5.75 Å². The summed E-state index contributed by atoms with van der Waals surface area (Å²) in [5, 5.41) is 0.328. The number of hydrogen-bond acceptors (Lipinski definition) is 3. The van der Waals surface area contributed by atoms with Crippen LogP contribution < -0.4 is 10.5 Å². The maximum atomic E-state index is 12.7. The van der Waals surface area contributed by atoms with Crippen LogP contribution in [-0.4, -0.2) is 12.9 Å². The van der Waals surface area contributed by atoms with Gasteiger partial charge < -0.3 is 10.5 Å². The Kier molecular flexibility index (Phi) is 4.35. The lowest BCUT2D eigenvalue weighted by molar-refractivity contribution is 0.103. The van der Waals surface area contributed by atoms with Gasteiger partial charge in [0.15, 0.2) is 5.78 Å². The Hall–Kier alpha value is -1.52. The zero-order chi connectivity index (χ0) is 14.9. The summed E-state index contributed by atoms with van der Waals surface area (Å²) in [7, 11) is 1.52. The van der Waals surface area contributed by atoms with Crippen molar-refractivity contribution in [2.24, 2.45) is 0 Å². The van der Waals surface area contributed by atoms with Crippen LogP contribution in [0.1, 0.15) is 21.5 Å². The van der Waals surface area contributed by atoms with E-state index in [1.165, 1.54) is 7.11 Å². The molecule has 104 valence electrons. The number of ether oxygens (including phenoxy) is 1. The summed E-state index contributed by atoms with van der Waals surface area (Å²) in [4.78, 5) is 12.7. The molecule has 0 aliphatic rings. The summed E-state index contributed by atoms with van der Waals surface area (Å²) in [6, 6.07) is 8.51. The van der Waals surface area contributed by atoms with Crippen molar-refractivity contribution in [3.05, 3.63) is 56.5 Å². The molecule has 0 heterocycles. The summed E-state index contributed by atoms with van der Waals surface area (Å²) >= 11 is 9.50. The van der Waals surface area contributed by atoms with Gasteiger partial charge in [0.25, 0.3) is 0 Å². The van der Waals surface area contributed by atoms with E-state index in [1.807, 2.05) is 6.92 Å². The molecule has 0 aromatic heterocycles. The first-order valence-corrected chi connectivity index (χ1v) is 7.05. The van der Waals surface area contributed by atoms with Gasteiger partial charge in [-0.1, -0.05) is 33.6 Å². The van der Waals surface area contributed by atoms with Gasteiger partial charge in [-0.3, -0.25) is 4.79 Å². The number of nitrogens with two attached hydrogens (primary N) is 1. The number of anilines is 1. The molecule has 0 unspecified atom stereocenters. The van der Waals surface area contributed by atoms with Crippen molar-refractivity contribution in [3.63, 3.8) is 0 Å². The molecule has 0 aliphatic heterocycles. The lowest BCUT2D eigenvalue weighted by Crippen LogP contribution is -2.08. The van der Waals surface area contributed by atoms with Gasteiger partial charge in [0.05, 0.1) is 23.3 Å². The summed E-state index contributed by atoms with van der Waals surface area (Å²) in [5.74, 6) is 0.237. The number of benzene rings is 2. The third kappa shape index (κ3) is 2.67. The molecule has 0 radical (unpaired) electrons. The van der Waals surface area contributed by atoms with Crippen LogP contribution in [0.25, 0.3) is 0 Å². The van der Waals surface area contributed by atoms with E-state index in [4.69, 9.17) is 22.1 Å². The maximum Gasteiger partial charge on any atom is 0.200 e. The van der Waals surface area contributed by atoms with E-state index in [1.54, 1.807) is 30.3 Å². The summed E-state index contributed by atoms with van der Waals surface area (Å²) in [6.07, 6.45) is 0. The highest BCUT2D eigenvalue weighted by Gasteiger charge is 2.20. The Labute approximate surface area is 130 Å². The number of halogens is 2. The molecule has 0 saturated heterocycles. The van der Waals surface area contributed by atoms with E-state index in [0.29, 0.717) is 27.6 Å².